The summed E-state index contributed by atoms with van der Waals surface area (Å²) in [5.74, 6) is 0. The summed E-state index contributed by atoms with van der Waals surface area (Å²) in [6.45, 7) is -2.44. The van der Waals surface area contributed by atoms with Crippen molar-refractivity contribution in [3.8, 4) is 0 Å². The quantitative estimate of drug-likeness (QED) is 0.724. The highest BCUT2D eigenvalue weighted by Gasteiger charge is 2.29. The second-order valence-electron chi connectivity index (χ2n) is 3.66. The van der Waals surface area contributed by atoms with Gasteiger partial charge in [0.05, 0.1) is 31.1 Å². The van der Waals surface area contributed by atoms with Crippen LogP contribution in [-0.2, 0) is 6.54 Å². The van der Waals surface area contributed by atoms with Crippen LogP contribution >= 0.6 is 11.6 Å². The van der Waals surface area contributed by atoms with Crippen molar-refractivity contribution in [3.05, 3.63) is 21.6 Å². The Morgan fingerprint density at radius 3 is 2.47 bits per heavy atom. The van der Waals surface area contributed by atoms with Crippen LogP contribution in [0.1, 0.15) is 0 Å². The number of halogens is 4. The number of aliphatic hydroxyl groups is 2. The van der Waals surface area contributed by atoms with Gasteiger partial charge < -0.3 is 15.5 Å². The number of aromatic nitrogens is 2. The zero-order valence-corrected chi connectivity index (χ0v) is 10.2. The number of alkyl halides is 3. The Morgan fingerprint density at radius 1 is 1.42 bits per heavy atom. The van der Waals surface area contributed by atoms with Gasteiger partial charge in [0.1, 0.15) is 11.6 Å². The van der Waals surface area contributed by atoms with E-state index in [1.54, 1.807) is 0 Å². The van der Waals surface area contributed by atoms with E-state index in [0.717, 1.165) is 6.20 Å². The molecule has 0 spiro atoms. The fourth-order valence-electron chi connectivity index (χ4n) is 1.22. The molecule has 1 rings (SSSR count). The normalized spacial score (nSPS) is 11.9. The van der Waals surface area contributed by atoms with Crippen molar-refractivity contribution in [1.82, 2.24) is 9.78 Å². The maximum atomic E-state index is 12.1. The van der Waals surface area contributed by atoms with Gasteiger partial charge in [-0.25, -0.2) is 4.68 Å². The summed E-state index contributed by atoms with van der Waals surface area (Å²) in [5, 5.41) is 23.0. The number of anilines is 1. The van der Waals surface area contributed by atoms with Crippen molar-refractivity contribution in [2.75, 3.05) is 18.5 Å². The molecule has 0 unspecified atom stereocenters. The summed E-state index contributed by atoms with van der Waals surface area (Å²) >= 11 is 5.62. The minimum absolute atomic E-state index is 0.0572. The van der Waals surface area contributed by atoms with E-state index in [2.05, 4.69) is 10.4 Å². The van der Waals surface area contributed by atoms with E-state index < -0.39 is 42.6 Å². The molecule has 19 heavy (non-hydrogen) atoms. The van der Waals surface area contributed by atoms with E-state index in [1.807, 2.05) is 0 Å². The van der Waals surface area contributed by atoms with Gasteiger partial charge in [0.25, 0.3) is 5.56 Å². The van der Waals surface area contributed by atoms with Crippen molar-refractivity contribution in [1.29, 1.82) is 0 Å². The third-order valence-electron chi connectivity index (χ3n) is 2.11. The fourth-order valence-corrected chi connectivity index (χ4v) is 1.42. The predicted molar refractivity (Wildman–Crippen MR) is 61.1 cm³/mol. The van der Waals surface area contributed by atoms with Crippen LogP contribution in [-0.4, -0.2) is 45.4 Å². The highest BCUT2D eigenvalue weighted by atomic mass is 35.5. The van der Waals surface area contributed by atoms with Gasteiger partial charge in [-0.3, -0.25) is 4.79 Å². The lowest BCUT2D eigenvalue weighted by atomic mass is 10.3. The number of nitrogens with one attached hydrogen (secondary N) is 1. The Bertz CT molecular complexity index is 488. The third-order valence-corrected chi connectivity index (χ3v) is 2.48. The molecule has 1 aromatic rings. The first-order chi connectivity index (χ1) is 8.78. The molecule has 0 aliphatic rings. The van der Waals surface area contributed by atoms with Gasteiger partial charge in [-0.15, -0.1) is 0 Å². The molecular formula is C9H11ClF3N3O3. The molecular weight excluding hydrogens is 291 g/mol. The Hall–Kier alpha value is -1.32. The van der Waals surface area contributed by atoms with Crippen molar-refractivity contribution >= 4 is 17.3 Å². The first kappa shape index (κ1) is 15.7. The molecule has 0 atom stereocenters. The lowest BCUT2D eigenvalue weighted by molar-refractivity contribution is -0.143. The van der Waals surface area contributed by atoms with E-state index in [9.17, 15) is 18.0 Å². The highest BCUT2D eigenvalue weighted by molar-refractivity contribution is 6.32. The molecule has 6 nitrogen and oxygen atoms in total. The van der Waals surface area contributed by atoms with E-state index in [0.29, 0.717) is 0 Å². The van der Waals surface area contributed by atoms with Crippen LogP contribution in [0.3, 0.4) is 0 Å². The van der Waals surface area contributed by atoms with Crippen LogP contribution in [0.25, 0.3) is 0 Å². The number of hydrogen-bond donors (Lipinski definition) is 3. The lowest BCUT2D eigenvalue weighted by Crippen LogP contribution is -2.33. The predicted octanol–water partition coefficient (Wildman–Crippen LogP) is 0.224. The Morgan fingerprint density at radius 2 is 2.00 bits per heavy atom. The molecule has 0 aliphatic carbocycles. The standard InChI is InChI=1S/C9H11ClF3N3O3/c10-7-6(15-5(2-17)3-18)1-14-16(8(7)19)4-9(11,12)13/h1,5,15,17-18H,2-4H2. The van der Waals surface area contributed by atoms with E-state index >= 15 is 0 Å². The number of hydrogen-bond acceptors (Lipinski definition) is 5. The Kier molecular flexibility index (Phi) is 5.15. The smallest absolute Gasteiger partial charge is 0.394 e. The average Bonchev–Trinajstić information content (AvgIpc) is 2.33. The van der Waals surface area contributed by atoms with Gasteiger partial charge >= 0.3 is 6.18 Å². The summed E-state index contributed by atoms with van der Waals surface area (Å²) in [6.07, 6.45) is -3.67. The van der Waals surface area contributed by atoms with E-state index in [4.69, 9.17) is 21.8 Å². The summed E-state index contributed by atoms with van der Waals surface area (Å²) in [5.41, 5.74) is -1.17. The fraction of sp³-hybridized carbons (Fsp3) is 0.556. The number of rotatable bonds is 5. The first-order valence-electron chi connectivity index (χ1n) is 5.09. The van der Waals surface area contributed by atoms with Crippen LogP contribution in [0.2, 0.25) is 5.02 Å². The van der Waals surface area contributed by atoms with Crippen LogP contribution in [0.15, 0.2) is 11.0 Å². The minimum Gasteiger partial charge on any atom is -0.394 e. The minimum atomic E-state index is -4.59. The summed E-state index contributed by atoms with van der Waals surface area (Å²) in [6, 6.07) is -0.794. The van der Waals surface area contributed by atoms with E-state index in [-0.39, 0.29) is 10.4 Å². The summed E-state index contributed by atoms with van der Waals surface area (Å²) < 4.78 is 36.6. The van der Waals surface area contributed by atoms with Crippen LogP contribution in [0.4, 0.5) is 18.9 Å². The molecule has 1 heterocycles. The molecule has 10 heteroatoms. The van der Waals surface area contributed by atoms with Gasteiger partial charge in [0, 0.05) is 0 Å². The second kappa shape index (κ2) is 6.22. The lowest BCUT2D eigenvalue weighted by Gasteiger charge is -2.16. The van der Waals surface area contributed by atoms with Gasteiger partial charge in [0.15, 0.2) is 0 Å². The SMILES string of the molecule is O=c1c(Cl)c(NC(CO)CO)cnn1CC(F)(F)F. The molecule has 0 amide bonds. The maximum Gasteiger partial charge on any atom is 0.408 e. The molecule has 0 fully saturated rings. The topological polar surface area (TPSA) is 87.4 Å². The van der Waals surface area contributed by atoms with Crippen molar-refractivity contribution in [3.63, 3.8) is 0 Å². The largest absolute Gasteiger partial charge is 0.408 e. The molecule has 0 bridgehead atoms. The van der Waals surface area contributed by atoms with E-state index in [1.165, 1.54) is 0 Å². The molecule has 0 aliphatic heterocycles. The third kappa shape index (κ3) is 4.37. The second-order valence-corrected chi connectivity index (χ2v) is 4.03. The van der Waals surface area contributed by atoms with Gasteiger partial charge in [0.2, 0.25) is 0 Å². The molecule has 0 saturated heterocycles. The van der Waals surface area contributed by atoms with Crippen LogP contribution in [0.5, 0.6) is 0 Å². The van der Waals surface area contributed by atoms with Gasteiger partial charge in [-0.2, -0.15) is 18.3 Å². The Labute approximate surface area is 110 Å². The zero-order valence-electron chi connectivity index (χ0n) is 9.48. The Balaban J connectivity index is 3.01. The monoisotopic (exact) mass is 301 g/mol. The highest BCUT2D eigenvalue weighted by Crippen LogP contribution is 2.19. The van der Waals surface area contributed by atoms with Crippen LogP contribution in [0, 0.1) is 0 Å². The first-order valence-corrected chi connectivity index (χ1v) is 5.47. The zero-order chi connectivity index (χ0) is 14.6. The van der Waals surface area contributed by atoms with Crippen molar-refractivity contribution in [2.24, 2.45) is 0 Å². The average molecular weight is 302 g/mol. The number of nitrogens with zero attached hydrogens (tertiary/aromatic N) is 2. The molecule has 3 N–H and O–H groups in total. The summed E-state index contributed by atoms with van der Waals surface area (Å²) in [7, 11) is 0. The molecule has 0 radical (unpaired) electrons. The molecule has 0 saturated carbocycles. The van der Waals surface area contributed by atoms with Crippen LogP contribution < -0.4 is 10.9 Å². The molecule has 108 valence electrons. The molecule has 0 aromatic carbocycles. The molecule has 1 aromatic heterocycles. The maximum absolute atomic E-state index is 12.1. The van der Waals surface area contributed by atoms with Crippen molar-refractivity contribution in [2.45, 2.75) is 18.8 Å². The van der Waals surface area contributed by atoms with Gasteiger partial charge in [-0.1, -0.05) is 11.6 Å². The van der Waals surface area contributed by atoms with Crippen molar-refractivity contribution < 1.29 is 23.4 Å². The summed E-state index contributed by atoms with van der Waals surface area (Å²) in [4.78, 5) is 11.5. The van der Waals surface area contributed by atoms with Gasteiger partial charge in [-0.05, 0) is 0 Å². The number of aliphatic hydroxyl groups excluding tert-OH is 2.